The zero-order valence-corrected chi connectivity index (χ0v) is 50.6. The molecular weight excluding hydrogens is 954 g/mol. The van der Waals surface area contributed by atoms with Crippen LogP contribution in [0, 0.1) is 0 Å². The van der Waals surface area contributed by atoms with Gasteiger partial charge in [0.05, 0.1) is 27.7 Å². The maximum Gasteiger partial charge on any atom is 0.306 e. The first-order valence-electron chi connectivity index (χ1n) is 31.5. The number of rotatable bonds is 58. The van der Waals surface area contributed by atoms with Gasteiger partial charge in [0.1, 0.15) is 19.8 Å². The van der Waals surface area contributed by atoms with Crippen LogP contribution in [0.5, 0.6) is 0 Å². The second kappa shape index (κ2) is 56.4. The molecule has 2 atom stereocenters. The van der Waals surface area contributed by atoms with Gasteiger partial charge in [0.25, 0.3) is 7.82 Å². The number of ether oxygens (including phenoxy) is 2. The molecule has 0 saturated carbocycles. The molecule has 9 nitrogen and oxygen atoms in total. The predicted molar refractivity (Wildman–Crippen MR) is 319 cm³/mol. The lowest BCUT2D eigenvalue weighted by molar-refractivity contribution is -0.870. The number of nitrogens with zero attached hydrogens (tertiary/aromatic N) is 1. The largest absolute Gasteiger partial charge is 0.756 e. The smallest absolute Gasteiger partial charge is 0.306 e. The topological polar surface area (TPSA) is 111 Å². The lowest BCUT2D eigenvalue weighted by Gasteiger charge is -2.28. The number of likely N-dealkylation sites (N-methyl/N-ethyl adjacent to an activating group) is 1. The van der Waals surface area contributed by atoms with Crippen molar-refractivity contribution in [2.75, 3.05) is 47.5 Å². The molecule has 0 spiro atoms. The van der Waals surface area contributed by atoms with Gasteiger partial charge in [-0.2, -0.15) is 0 Å². The summed E-state index contributed by atoms with van der Waals surface area (Å²) in [6.45, 7) is 4.09. The molecule has 0 aromatic heterocycles. The highest BCUT2D eigenvalue weighted by Crippen LogP contribution is 2.38. The number of phosphoric acid groups is 1. The molecule has 0 aliphatic rings. The third kappa shape index (κ3) is 60.8. The van der Waals surface area contributed by atoms with Crippen LogP contribution < -0.4 is 4.89 Å². The molecule has 75 heavy (non-hydrogen) atoms. The minimum Gasteiger partial charge on any atom is -0.756 e. The van der Waals surface area contributed by atoms with Crippen molar-refractivity contribution < 1.29 is 42.1 Å². The van der Waals surface area contributed by atoms with Crippen LogP contribution in [0.15, 0.2) is 60.8 Å². The van der Waals surface area contributed by atoms with Crippen molar-refractivity contribution in [1.29, 1.82) is 0 Å². The van der Waals surface area contributed by atoms with Gasteiger partial charge in [-0.1, -0.05) is 286 Å². The van der Waals surface area contributed by atoms with Crippen LogP contribution >= 0.6 is 7.82 Å². The van der Waals surface area contributed by atoms with E-state index in [1.807, 2.05) is 27.2 Å². The van der Waals surface area contributed by atoms with Crippen LogP contribution in [0.4, 0.5) is 0 Å². The Balaban J connectivity index is 4.00. The first-order chi connectivity index (χ1) is 36.5. The molecule has 0 aromatic carbocycles. The van der Waals surface area contributed by atoms with Crippen LogP contribution in [-0.4, -0.2) is 70.0 Å². The molecule has 0 bridgehead atoms. The fraction of sp³-hybridized carbons (Fsp3) is 0.815. The van der Waals surface area contributed by atoms with Crippen molar-refractivity contribution in [3.05, 3.63) is 60.8 Å². The summed E-state index contributed by atoms with van der Waals surface area (Å²) in [5.41, 5.74) is 0. The molecule has 0 radical (unpaired) electrons. The van der Waals surface area contributed by atoms with E-state index in [1.165, 1.54) is 199 Å². The van der Waals surface area contributed by atoms with Crippen molar-refractivity contribution in [2.45, 2.75) is 296 Å². The molecule has 438 valence electrons. The van der Waals surface area contributed by atoms with E-state index in [0.29, 0.717) is 23.9 Å². The standard InChI is InChI=1S/C65H120NO8P/c1-6-8-10-12-14-16-18-20-22-24-25-26-27-28-29-30-31-32-33-34-35-36-37-38-39-40-42-43-45-47-49-51-53-55-57-64(67)71-61-63(62-73-75(69,70)72-60-59-66(3,4)5)74-65(68)58-56-54-52-50-48-46-44-41-23-21-19-17-15-13-11-9-7-2/h9,11,15,17,21,23,44,46,50,52,63H,6-8,10,12-14,16,18-20,22,24-43,45,47-49,51,53-62H2,1-5H3/b11-9-,17-15-,23-21-,46-44-,52-50-. The lowest BCUT2D eigenvalue weighted by Crippen LogP contribution is -2.37. The summed E-state index contributed by atoms with van der Waals surface area (Å²) in [5, 5.41) is 0. The van der Waals surface area contributed by atoms with Crippen LogP contribution in [0.25, 0.3) is 0 Å². The number of quaternary nitrogens is 1. The number of carbonyl (C=O) groups excluding carboxylic acids is 2. The average Bonchev–Trinajstić information content (AvgIpc) is 3.37. The molecule has 2 unspecified atom stereocenters. The third-order valence-corrected chi connectivity index (χ3v) is 14.8. The first kappa shape index (κ1) is 72.7. The SMILES string of the molecule is CC/C=C\C/C=C\C/C=C\C/C=C\C/C=C\CCCC(=O)OC(COC(=O)CCCCCCCCCCCCCCCCCCCCCCCCCCCCCCCCCCCC)COP(=O)([O-])OCC[N+](C)(C)C. The Morgan fingerprint density at radius 3 is 1.12 bits per heavy atom. The number of esters is 2. The van der Waals surface area contributed by atoms with Crippen molar-refractivity contribution in [2.24, 2.45) is 0 Å². The summed E-state index contributed by atoms with van der Waals surface area (Å²) in [4.78, 5) is 37.8. The number of phosphoric ester groups is 1. The van der Waals surface area contributed by atoms with E-state index < -0.39 is 32.5 Å². The molecule has 0 fully saturated rings. The number of allylic oxidation sites excluding steroid dienone is 10. The zero-order chi connectivity index (χ0) is 54.9. The highest BCUT2D eigenvalue weighted by Gasteiger charge is 2.21. The van der Waals surface area contributed by atoms with Gasteiger partial charge >= 0.3 is 11.9 Å². The normalized spacial score (nSPS) is 13.6. The molecule has 0 rings (SSSR count). The Morgan fingerprint density at radius 2 is 0.760 bits per heavy atom. The molecule has 0 N–H and O–H groups in total. The molecule has 0 aromatic rings. The summed E-state index contributed by atoms with van der Waals surface area (Å²) in [6, 6.07) is 0. The molecule has 0 aliphatic heterocycles. The van der Waals surface area contributed by atoms with Crippen LogP contribution in [0.3, 0.4) is 0 Å². The van der Waals surface area contributed by atoms with Crippen molar-refractivity contribution >= 4 is 19.8 Å². The van der Waals surface area contributed by atoms with E-state index >= 15 is 0 Å². The van der Waals surface area contributed by atoms with E-state index in [1.54, 1.807) is 0 Å². The Labute approximate surface area is 464 Å². The van der Waals surface area contributed by atoms with Gasteiger partial charge in [0, 0.05) is 12.8 Å². The number of unbranched alkanes of at least 4 members (excludes halogenated alkanes) is 34. The van der Waals surface area contributed by atoms with E-state index in [2.05, 4.69) is 68.5 Å². The number of hydrogen-bond donors (Lipinski definition) is 0. The summed E-state index contributed by atoms with van der Waals surface area (Å²) < 4.78 is 34.1. The second-order valence-corrected chi connectivity index (χ2v) is 23.8. The molecule has 0 amide bonds. The summed E-state index contributed by atoms with van der Waals surface area (Å²) >= 11 is 0. The lowest BCUT2D eigenvalue weighted by atomic mass is 10.0. The quantitative estimate of drug-likeness (QED) is 0.0195. The molecule has 10 heteroatoms. The Hall–Kier alpha value is -2.29. The van der Waals surface area contributed by atoms with Crippen molar-refractivity contribution in [3.63, 3.8) is 0 Å². The van der Waals surface area contributed by atoms with Crippen molar-refractivity contribution in [3.8, 4) is 0 Å². The fourth-order valence-electron chi connectivity index (χ4n) is 8.99. The molecule has 0 aliphatic carbocycles. The Bertz CT molecular complexity index is 1450. The van der Waals surface area contributed by atoms with Crippen LogP contribution in [-0.2, 0) is 32.7 Å². The van der Waals surface area contributed by atoms with Gasteiger partial charge < -0.3 is 27.9 Å². The Kier molecular flexibility index (Phi) is 54.7. The van der Waals surface area contributed by atoms with Gasteiger partial charge in [-0.3, -0.25) is 14.2 Å². The number of hydrogen-bond acceptors (Lipinski definition) is 8. The van der Waals surface area contributed by atoms with Crippen LogP contribution in [0.1, 0.15) is 290 Å². The molecule has 0 saturated heterocycles. The van der Waals surface area contributed by atoms with Crippen LogP contribution in [0.2, 0.25) is 0 Å². The minimum absolute atomic E-state index is 0.0424. The minimum atomic E-state index is -4.65. The summed E-state index contributed by atoms with van der Waals surface area (Å²) in [5.74, 6) is -0.893. The predicted octanol–water partition coefficient (Wildman–Crippen LogP) is 19.2. The Morgan fingerprint density at radius 1 is 0.427 bits per heavy atom. The van der Waals surface area contributed by atoms with E-state index in [0.717, 1.165) is 51.4 Å². The monoisotopic (exact) mass is 1070 g/mol. The van der Waals surface area contributed by atoms with Gasteiger partial charge in [-0.05, 0) is 51.4 Å². The van der Waals surface area contributed by atoms with Gasteiger partial charge in [-0.15, -0.1) is 0 Å². The highest BCUT2D eigenvalue weighted by molar-refractivity contribution is 7.45. The van der Waals surface area contributed by atoms with Gasteiger partial charge in [0.2, 0.25) is 0 Å². The first-order valence-corrected chi connectivity index (χ1v) is 33.0. The van der Waals surface area contributed by atoms with E-state index in [-0.39, 0.29) is 26.1 Å². The zero-order valence-electron chi connectivity index (χ0n) is 49.7. The second-order valence-electron chi connectivity index (χ2n) is 22.4. The summed E-state index contributed by atoms with van der Waals surface area (Å²) in [7, 11) is 1.13. The maximum atomic E-state index is 12.7. The van der Waals surface area contributed by atoms with Gasteiger partial charge in [-0.25, -0.2) is 0 Å². The third-order valence-electron chi connectivity index (χ3n) is 13.8. The highest BCUT2D eigenvalue weighted by atomic mass is 31.2. The van der Waals surface area contributed by atoms with Gasteiger partial charge in [0.15, 0.2) is 6.10 Å². The maximum absolute atomic E-state index is 12.7. The fourth-order valence-corrected chi connectivity index (χ4v) is 9.72. The van der Waals surface area contributed by atoms with E-state index in [9.17, 15) is 19.0 Å². The molecule has 0 heterocycles. The summed E-state index contributed by atoms with van der Waals surface area (Å²) in [6.07, 6.45) is 73.2. The van der Waals surface area contributed by atoms with E-state index in [4.69, 9.17) is 18.5 Å². The average molecular weight is 1070 g/mol. The van der Waals surface area contributed by atoms with Crippen molar-refractivity contribution in [1.82, 2.24) is 0 Å². The molecular formula is C65H120NO8P. The number of carbonyl (C=O) groups is 2.